The topological polar surface area (TPSA) is 80.3 Å². The summed E-state index contributed by atoms with van der Waals surface area (Å²) in [6.45, 7) is 17.2. The van der Waals surface area contributed by atoms with E-state index in [1.54, 1.807) is 52.3 Å². The van der Waals surface area contributed by atoms with E-state index in [2.05, 4.69) is 33.9 Å². The van der Waals surface area contributed by atoms with Crippen LogP contribution in [0, 0.1) is 5.92 Å². The fourth-order valence-corrected chi connectivity index (χ4v) is 4.86. The minimum absolute atomic E-state index is 0.130. The zero-order chi connectivity index (χ0) is 31.5. The summed E-state index contributed by atoms with van der Waals surface area (Å²) in [6.07, 6.45) is 4.39. The van der Waals surface area contributed by atoms with Crippen LogP contribution in [-0.2, 0) is 25.3 Å². The summed E-state index contributed by atoms with van der Waals surface area (Å²) in [6, 6.07) is 14.2. The van der Waals surface area contributed by atoms with E-state index in [4.69, 9.17) is 23.4 Å². The number of hydrogen-bond donors (Lipinski definition) is 0. The maximum atomic E-state index is 13.4. The van der Waals surface area contributed by atoms with Crippen LogP contribution in [0.1, 0.15) is 57.5 Å². The molecule has 0 aliphatic rings. The molecule has 0 radical (unpaired) electrons. The van der Waals surface area contributed by atoms with Crippen LogP contribution in [0.3, 0.4) is 0 Å². The molecule has 0 heterocycles. The minimum Gasteiger partial charge on any atom is -0.493 e. The molecule has 0 N–H and O–H groups in total. The number of carbonyl (C=O) groups excluding carboxylic acids is 2. The van der Waals surface area contributed by atoms with Gasteiger partial charge in [-0.2, -0.15) is 0 Å². The summed E-state index contributed by atoms with van der Waals surface area (Å²) in [5.41, 5.74) is 2.19. The first-order chi connectivity index (χ1) is 19.7. The predicted molar refractivity (Wildman–Crippen MR) is 170 cm³/mol. The lowest BCUT2D eigenvalue weighted by molar-refractivity contribution is -0.134. The Morgan fingerprint density at radius 1 is 0.952 bits per heavy atom. The zero-order valence-electron chi connectivity index (χ0n) is 26.9. The van der Waals surface area contributed by atoms with Crippen molar-refractivity contribution in [1.29, 1.82) is 0 Å². The SMILES string of the molecule is COc1ccc(CO[C@H](/C=C(C)/C=C/CO[Si](C)(C)C(C)(C)C)[C@@H](C)C(=O)[C@H](C)OC(=O)c2ccccc2)cc1OC. The van der Waals surface area contributed by atoms with E-state index in [1.807, 2.05) is 49.4 Å². The van der Waals surface area contributed by atoms with E-state index in [-0.39, 0.29) is 17.4 Å². The van der Waals surface area contributed by atoms with Gasteiger partial charge in [0.25, 0.3) is 0 Å². The number of esters is 1. The van der Waals surface area contributed by atoms with Gasteiger partial charge in [-0.25, -0.2) is 4.79 Å². The molecule has 8 heteroatoms. The van der Waals surface area contributed by atoms with Crippen LogP contribution in [0.25, 0.3) is 0 Å². The van der Waals surface area contributed by atoms with Gasteiger partial charge < -0.3 is 23.4 Å². The first-order valence-corrected chi connectivity index (χ1v) is 17.2. The summed E-state index contributed by atoms with van der Waals surface area (Å²) in [4.78, 5) is 26.0. The summed E-state index contributed by atoms with van der Waals surface area (Å²) in [7, 11) is 1.31. The van der Waals surface area contributed by atoms with Crippen LogP contribution >= 0.6 is 0 Å². The molecule has 0 aliphatic heterocycles. The average Bonchev–Trinajstić information content (AvgIpc) is 2.96. The van der Waals surface area contributed by atoms with E-state index in [0.717, 1.165) is 11.1 Å². The second kappa shape index (κ2) is 15.9. The van der Waals surface area contributed by atoms with Gasteiger partial charge in [-0.05, 0) is 61.8 Å². The lowest BCUT2D eigenvalue weighted by Gasteiger charge is -2.35. The highest BCUT2D eigenvalue weighted by atomic mass is 28.4. The van der Waals surface area contributed by atoms with Crippen LogP contribution in [0.2, 0.25) is 18.1 Å². The molecule has 0 amide bonds. The largest absolute Gasteiger partial charge is 0.493 e. The van der Waals surface area contributed by atoms with Gasteiger partial charge in [0, 0.05) is 5.92 Å². The van der Waals surface area contributed by atoms with Gasteiger partial charge in [-0.1, -0.05) is 75.8 Å². The molecular weight excluding hydrogens is 548 g/mol. The molecular formula is C34H48O7Si. The van der Waals surface area contributed by atoms with Gasteiger partial charge in [0.15, 0.2) is 31.7 Å². The lowest BCUT2D eigenvalue weighted by Crippen LogP contribution is -2.40. The number of carbonyl (C=O) groups is 2. The van der Waals surface area contributed by atoms with Crippen molar-refractivity contribution in [1.82, 2.24) is 0 Å². The molecule has 0 aliphatic carbocycles. The van der Waals surface area contributed by atoms with Crippen molar-refractivity contribution in [2.75, 3.05) is 20.8 Å². The Bertz CT molecular complexity index is 1230. The van der Waals surface area contributed by atoms with Gasteiger partial charge in [-0.3, -0.25) is 4.79 Å². The standard InChI is InChI=1S/C34H48O7Si/c1-24(15-14-20-40-42(9,10)34(4,5)6)21-30(39-23-27-18-19-29(37-7)31(22-27)38-8)25(2)32(35)26(3)41-33(36)28-16-12-11-13-17-28/h11-19,21-22,25-26,30H,20,23H2,1-10H3/b15-14+,24-21+/t25-,26+,30-/m1/s1. The first kappa shape index (κ1) is 35.0. The Morgan fingerprint density at radius 3 is 2.19 bits per heavy atom. The number of methoxy groups -OCH3 is 2. The average molecular weight is 597 g/mol. The Balaban J connectivity index is 2.21. The highest BCUT2D eigenvalue weighted by molar-refractivity contribution is 6.74. The van der Waals surface area contributed by atoms with Crippen molar-refractivity contribution in [3.05, 3.63) is 83.5 Å². The Kier molecular flexibility index (Phi) is 13.2. The summed E-state index contributed by atoms with van der Waals surface area (Å²) in [5, 5.41) is 0.130. The molecule has 0 unspecified atom stereocenters. The van der Waals surface area contributed by atoms with Crippen molar-refractivity contribution in [3.8, 4) is 11.5 Å². The minimum atomic E-state index is -1.86. The summed E-state index contributed by atoms with van der Waals surface area (Å²) >= 11 is 0. The molecule has 0 aromatic heterocycles. The smallest absolute Gasteiger partial charge is 0.338 e. The molecule has 0 spiro atoms. The quantitative estimate of drug-likeness (QED) is 0.119. The van der Waals surface area contributed by atoms with Gasteiger partial charge in [0.2, 0.25) is 0 Å². The van der Waals surface area contributed by atoms with Gasteiger partial charge >= 0.3 is 5.97 Å². The molecule has 0 saturated heterocycles. The predicted octanol–water partition coefficient (Wildman–Crippen LogP) is 7.56. The highest BCUT2D eigenvalue weighted by Gasteiger charge is 2.36. The molecule has 0 bridgehead atoms. The second-order valence-corrected chi connectivity index (χ2v) is 16.8. The van der Waals surface area contributed by atoms with Gasteiger partial charge in [0.1, 0.15) is 0 Å². The number of benzene rings is 2. The van der Waals surface area contributed by atoms with Crippen LogP contribution < -0.4 is 9.47 Å². The third kappa shape index (κ3) is 10.3. The van der Waals surface area contributed by atoms with E-state index in [1.165, 1.54) is 0 Å². The molecule has 0 saturated carbocycles. The van der Waals surface area contributed by atoms with Crippen molar-refractivity contribution < 1.29 is 33.0 Å². The van der Waals surface area contributed by atoms with Crippen LogP contribution in [-0.4, -0.2) is 53.1 Å². The molecule has 2 aromatic rings. The van der Waals surface area contributed by atoms with Crippen molar-refractivity contribution in [3.63, 3.8) is 0 Å². The van der Waals surface area contributed by atoms with Crippen molar-refractivity contribution in [2.45, 2.75) is 78.5 Å². The monoisotopic (exact) mass is 596 g/mol. The van der Waals surface area contributed by atoms with Gasteiger partial charge in [0.05, 0.1) is 39.1 Å². The van der Waals surface area contributed by atoms with E-state index in [0.29, 0.717) is 23.7 Å². The zero-order valence-corrected chi connectivity index (χ0v) is 27.9. The maximum absolute atomic E-state index is 13.4. The molecule has 0 fully saturated rings. The van der Waals surface area contributed by atoms with Gasteiger partial charge in [-0.15, -0.1) is 0 Å². The number of Topliss-reactive ketones (excluding diaryl/α,β-unsaturated/α-hetero) is 1. The summed E-state index contributed by atoms with van der Waals surface area (Å²) < 4.78 is 28.8. The lowest BCUT2D eigenvalue weighted by atomic mass is 9.94. The maximum Gasteiger partial charge on any atom is 0.338 e. The highest BCUT2D eigenvalue weighted by Crippen LogP contribution is 2.36. The molecule has 42 heavy (non-hydrogen) atoms. The molecule has 2 aromatic carbocycles. The van der Waals surface area contributed by atoms with Crippen LogP contribution in [0.15, 0.2) is 72.3 Å². The second-order valence-electron chi connectivity index (χ2n) is 12.0. The third-order valence-corrected chi connectivity index (χ3v) is 12.2. The number of allylic oxidation sites excluding steroid dienone is 2. The molecule has 230 valence electrons. The molecule has 2 rings (SSSR count). The van der Waals surface area contributed by atoms with E-state index >= 15 is 0 Å². The Morgan fingerprint density at radius 2 is 1.60 bits per heavy atom. The first-order valence-electron chi connectivity index (χ1n) is 14.3. The van der Waals surface area contributed by atoms with E-state index in [9.17, 15) is 9.59 Å². The fraction of sp³-hybridized carbons (Fsp3) is 0.471. The Labute approximate surface area is 253 Å². The van der Waals surface area contributed by atoms with Crippen LogP contribution in [0.5, 0.6) is 11.5 Å². The number of hydrogen-bond acceptors (Lipinski definition) is 7. The molecule has 3 atom stereocenters. The normalized spacial score (nSPS) is 14.8. The number of rotatable bonds is 15. The summed E-state index contributed by atoms with van der Waals surface area (Å²) in [5.74, 6) is -0.141. The Hall–Kier alpha value is -3.20. The number of ketones is 1. The van der Waals surface area contributed by atoms with Crippen LogP contribution in [0.4, 0.5) is 0 Å². The number of ether oxygens (including phenoxy) is 4. The van der Waals surface area contributed by atoms with Crippen molar-refractivity contribution in [2.24, 2.45) is 5.92 Å². The third-order valence-electron chi connectivity index (χ3n) is 7.68. The molecule has 7 nitrogen and oxygen atoms in total. The van der Waals surface area contributed by atoms with Crippen molar-refractivity contribution >= 4 is 20.1 Å². The van der Waals surface area contributed by atoms with E-state index < -0.39 is 32.4 Å². The fourth-order valence-electron chi connectivity index (χ4n) is 3.91.